The SMILES string of the molecule is CCOc1ccccc1CNC(=O)CCc1nnc(C(=O)Nc2ccc(C)cc2)s1. The number of para-hydroxylation sites is 1. The Morgan fingerprint density at radius 3 is 2.60 bits per heavy atom. The summed E-state index contributed by atoms with van der Waals surface area (Å²) in [5.41, 5.74) is 2.75. The number of amides is 2. The van der Waals surface area contributed by atoms with Crippen molar-refractivity contribution in [1.29, 1.82) is 0 Å². The molecule has 2 aromatic carbocycles. The van der Waals surface area contributed by atoms with Gasteiger partial charge in [0.2, 0.25) is 10.9 Å². The van der Waals surface area contributed by atoms with Crippen LogP contribution in [0, 0.1) is 6.92 Å². The van der Waals surface area contributed by atoms with E-state index in [1.807, 2.05) is 62.4 Å². The molecule has 30 heavy (non-hydrogen) atoms. The predicted octanol–water partition coefficient (Wildman–Crippen LogP) is 3.75. The second kappa shape index (κ2) is 10.5. The molecule has 8 heteroatoms. The van der Waals surface area contributed by atoms with Crippen LogP contribution in [0.25, 0.3) is 0 Å². The maximum atomic E-state index is 12.3. The summed E-state index contributed by atoms with van der Waals surface area (Å²) >= 11 is 1.19. The monoisotopic (exact) mass is 424 g/mol. The number of benzene rings is 2. The molecule has 0 spiro atoms. The van der Waals surface area contributed by atoms with E-state index in [-0.39, 0.29) is 23.2 Å². The van der Waals surface area contributed by atoms with E-state index < -0.39 is 0 Å². The summed E-state index contributed by atoms with van der Waals surface area (Å²) in [6.07, 6.45) is 0.694. The van der Waals surface area contributed by atoms with Crippen LogP contribution in [0.5, 0.6) is 5.75 Å². The average molecular weight is 425 g/mol. The number of aryl methyl sites for hydroxylation is 2. The molecule has 0 saturated carbocycles. The van der Waals surface area contributed by atoms with Crippen LogP contribution in [-0.2, 0) is 17.8 Å². The van der Waals surface area contributed by atoms with Crippen LogP contribution in [0.2, 0.25) is 0 Å². The summed E-state index contributed by atoms with van der Waals surface area (Å²) in [5, 5.41) is 14.6. The minimum absolute atomic E-state index is 0.0952. The maximum absolute atomic E-state index is 12.3. The highest BCUT2D eigenvalue weighted by Gasteiger charge is 2.14. The molecule has 0 saturated heterocycles. The lowest BCUT2D eigenvalue weighted by atomic mass is 10.2. The normalized spacial score (nSPS) is 10.5. The van der Waals surface area contributed by atoms with Crippen molar-refractivity contribution < 1.29 is 14.3 Å². The van der Waals surface area contributed by atoms with Gasteiger partial charge in [-0.15, -0.1) is 10.2 Å². The van der Waals surface area contributed by atoms with Gasteiger partial charge in [-0.2, -0.15) is 0 Å². The Morgan fingerprint density at radius 1 is 1.07 bits per heavy atom. The zero-order chi connectivity index (χ0) is 21.3. The number of nitrogens with zero attached hydrogens (tertiary/aromatic N) is 2. The lowest BCUT2D eigenvalue weighted by Gasteiger charge is -2.10. The van der Waals surface area contributed by atoms with Crippen molar-refractivity contribution in [3.63, 3.8) is 0 Å². The summed E-state index contributed by atoms with van der Waals surface area (Å²) in [6.45, 7) is 4.88. The van der Waals surface area contributed by atoms with Gasteiger partial charge in [0.1, 0.15) is 10.8 Å². The maximum Gasteiger partial charge on any atom is 0.286 e. The summed E-state index contributed by atoms with van der Waals surface area (Å²) in [6, 6.07) is 15.1. The largest absolute Gasteiger partial charge is 0.494 e. The summed E-state index contributed by atoms with van der Waals surface area (Å²) in [4.78, 5) is 24.5. The fraction of sp³-hybridized carbons (Fsp3) is 0.273. The van der Waals surface area contributed by atoms with Gasteiger partial charge in [-0.3, -0.25) is 9.59 Å². The molecule has 156 valence electrons. The number of hydrogen-bond donors (Lipinski definition) is 2. The zero-order valence-electron chi connectivity index (χ0n) is 17.0. The number of aromatic nitrogens is 2. The molecule has 0 aliphatic rings. The number of carbonyl (C=O) groups excluding carboxylic acids is 2. The first kappa shape index (κ1) is 21.4. The van der Waals surface area contributed by atoms with Gasteiger partial charge in [0, 0.05) is 30.6 Å². The highest BCUT2D eigenvalue weighted by Crippen LogP contribution is 2.18. The van der Waals surface area contributed by atoms with E-state index in [4.69, 9.17) is 4.74 Å². The molecule has 0 radical (unpaired) electrons. The van der Waals surface area contributed by atoms with Crippen LogP contribution < -0.4 is 15.4 Å². The quantitative estimate of drug-likeness (QED) is 0.546. The number of nitrogens with one attached hydrogen (secondary N) is 2. The van der Waals surface area contributed by atoms with Gasteiger partial charge in [-0.1, -0.05) is 47.2 Å². The van der Waals surface area contributed by atoms with Crippen molar-refractivity contribution in [3.05, 3.63) is 69.7 Å². The van der Waals surface area contributed by atoms with Crippen LogP contribution >= 0.6 is 11.3 Å². The molecule has 0 bridgehead atoms. The molecule has 2 amide bonds. The van der Waals surface area contributed by atoms with E-state index >= 15 is 0 Å². The van der Waals surface area contributed by atoms with Crippen LogP contribution in [0.4, 0.5) is 5.69 Å². The number of ether oxygens (including phenoxy) is 1. The van der Waals surface area contributed by atoms with Gasteiger partial charge in [0.25, 0.3) is 5.91 Å². The summed E-state index contributed by atoms with van der Waals surface area (Å²) in [7, 11) is 0. The minimum Gasteiger partial charge on any atom is -0.494 e. The molecule has 0 fully saturated rings. The zero-order valence-corrected chi connectivity index (χ0v) is 17.8. The Labute approximate surface area is 179 Å². The van der Waals surface area contributed by atoms with E-state index in [1.165, 1.54) is 11.3 Å². The van der Waals surface area contributed by atoms with E-state index in [1.54, 1.807) is 0 Å². The van der Waals surface area contributed by atoms with Crippen molar-refractivity contribution in [2.75, 3.05) is 11.9 Å². The Balaban J connectivity index is 1.47. The third-order valence-corrected chi connectivity index (χ3v) is 5.27. The topological polar surface area (TPSA) is 93.2 Å². The number of carbonyl (C=O) groups is 2. The van der Waals surface area contributed by atoms with Gasteiger partial charge in [0.15, 0.2) is 0 Å². The summed E-state index contributed by atoms with van der Waals surface area (Å²) < 4.78 is 5.57. The van der Waals surface area contributed by atoms with Crippen molar-refractivity contribution in [2.24, 2.45) is 0 Å². The molecule has 0 aliphatic carbocycles. The second-order valence-electron chi connectivity index (χ2n) is 6.64. The molecule has 0 unspecified atom stereocenters. The first-order chi connectivity index (χ1) is 14.5. The second-order valence-corrected chi connectivity index (χ2v) is 7.70. The third kappa shape index (κ3) is 6.12. The van der Waals surface area contributed by atoms with Crippen molar-refractivity contribution in [2.45, 2.75) is 33.2 Å². The molecule has 1 aromatic heterocycles. The Kier molecular flexibility index (Phi) is 7.51. The van der Waals surface area contributed by atoms with Crippen LogP contribution in [-0.4, -0.2) is 28.6 Å². The fourth-order valence-electron chi connectivity index (χ4n) is 2.72. The molecular formula is C22H24N4O3S. The van der Waals surface area contributed by atoms with Crippen molar-refractivity contribution in [1.82, 2.24) is 15.5 Å². The van der Waals surface area contributed by atoms with Crippen molar-refractivity contribution in [3.8, 4) is 5.75 Å². The van der Waals surface area contributed by atoms with E-state index in [0.717, 1.165) is 16.9 Å². The molecule has 7 nitrogen and oxygen atoms in total. The molecule has 3 aromatic rings. The van der Waals surface area contributed by atoms with Crippen LogP contribution in [0.3, 0.4) is 0 Å². The van der Waals surface area contributed by atoms with E-state index in [9.17, 15) is 9.59 Å². The van der Waals surface area contributed by atoms with Crippen molar-refractivity contribution >= 4 is 28.8 Å². The third-order valence-electron chi connectivity index (χ3n) is 4.28. The average Bonchev–Trinajstić information content (AvgIpc) is 3.23. The molecule has 1 heterocycles. The van der Waals surface area contributed by atoms with Gasteiger partial charge in [-0.05, 0) is 32.0 Å². The minimum atomic E-state index is -0.306. The lowest BCUT2D eigenvalue weighted by molar-refractivity contribution is -0.121. The van der Waals surface area contributed by atoms with Gasteiger partial charge in [-0.25, -0.2) is 0 Å². The molecular weight excluding hydrogens is 400 g/mol. The summed E-state index contributed by atoms with van der Waals surface area (Å²) in [5.74, 6) is 0.371. The number of hydrogen-bond acceptors (Lipinski definition) is 6. The van der Waals surface area contributed by atoms with Gasteiger partial charge in [0.05, 0.1) is 6.61 Å². The highest BCUT2D eigenvalue weighted by molar-refractivity contribution is 7.13. The highest BCUT2D eigenvalue weighted by atomic mass is 32.1. The first-order valence-corrected chi connectivity index (χ1v) is 10.5. The fourth-order valence-corrected chi connectivity index (χ4v) is 3.45. The first-order valence-electron chi connectivity index (χ1n) is 9.73. The van der Waals surface area contributed by atoms with E-state index in [0.29, 0.717) is 30.3 Å². The van der Waals surface area contributed by atoms with Gasteiger partial charge >= 0.3 is 0 Å². The Morgan fingerprint density at radius 2 is 1.83 bits per heavy atom. The van der Waals surface area contributed by atoms with Crippen LogP contribution in [0.15, 0.2) is 48.5 Å². The smallest absolute Gasteiger partial charge is 0.286 e. The molecule has 0 atom stereocenters. The lowest BCUT2D eigenvalue weighted by Crippen LogP contribution is -2.23. The predicted molar refractivity (Wildman–Crippen MR) is 117 cm³/mol. The number of rotatable bonds is 9. The Hall–Kier alpha value is -3.26. The Bertz CT molecular complexity index is 1000. The number of anilines is 1. The molecule has 2 N–H and O–H groups in total. The van der Waals surface area contributed by atoms with Crippen LogP contribution in [0.1, 0.15) is 39.3 Å². The molecule has 3 rings (SSSR count). The standard InChI is InChI=1S/C22H24N4O3S/c1-3-29-18-7-5-4-6-16(18)14-23-19(27)12-13-20-25-26-22(30-20)21(28)24-17-10-8-15(2)9-11-17/h4-11H,3,12-14H2,1-2H3,(H,23,27)(H,24,28). The van der Waals surface area contributed by atoms with Gasteiger partial charge < -0.3 is 15.4 Å². The van der Waals surface area contributed by atoms with E-state index in [2.05, 4.69) is 20.8 Å². The molecule has 0 aliphatic heterocycles.